The first kappa shape index (κ1) is 15.8. The molecule has 1 heterocycles. The first-order valence-electron chi connectivity index (χ1n) is 6.80. The molecule has 1 amide bonds. The second-order valence-electron chi connectivity index (χ2n) is 5.48. The number of rotatable bonds is 5. The molecule has 1 N–H and O–H groups in total. The monoisotopic (exact) mass is 311 g/mol. The van der Waals surface area contributed by atoms with Crippen LogP contribution in [0.2, 0.25) is 0 Å². The molecule has 0 bridgehead atoms. The van der Waals surface area contributed by atoms with Gasteiger partial charge in [-0.05, 0) is 37.6 Å². The Bertz CT molecular complexity index is 534. The smallest absolute Gasteiger partial charge is 0.311 e. The molecule has 1 aliphatic rings. The van der Waals surface area contributed by atoms with Crippen LogP contribution in [-0.2, 0) is 9.59 Å². The molecule has 1 fully saturated rings. The van der Waals surface area contributed by atoms with Crippen molar-refractivity contribution in [2.45, 2.75) is 24.7 Å². The largest absolute Gasteiger partial charge is 0.481 e. The van der Waals surface area contributed by atoms with Gasteiger partial charge in [-0.15, -0.1) is 11.8 Å². The number of hydrogen-bond acceptors (Lipinski definition) is 3. The summed E-state index contributed by atoms with van der Waals surface area (Å²) < 4.78 is 12.8. The van der Waals surface area contributed by atoms with E-state index in [4.69, 9.17) is 5.11 Å². The van der Waals surface area contributed by atoms with E-state index in [0.717, 1.165) is 4.90 Å². The number of carbonyl (C=O) groups excluding carboxylic acids is 1. The van der Waals surface area contributed by atoms with Crippen LogP contribution in [0.4, 0.5) is 4.39 Å². The molecular weight excluding hydrogens is 293 g/mol. The van der Waals surface area contributed by atoms with Crippen LogP contribution in [0.15, 0.2) is 29.2 Å². The average molecular weight is 311 g/mol. The number of nitrogens with zero attached hydrogens (tertiary/aromatic N) is 1. The Labute approximate surface area is 127 Å². The average Bonchev–Trinajstić information content (AvgIpc) is 2.85. The van der Waals surface area contributed by atoms with Crippen molar-refractivity contribution < 1.29 is 19.1 Å². The molecule has 1 aromatic rings. The molecule has 1 atom stereocenters. The van der Waals surface area contributed by atoms with Gasteiger partial charge >= 0.3 is 5.97 Å². The zero-order chi connectivity index (χ0) is 15.5. The standard InChI is InChI=1S/C15H18FNO3S/c1-15(14(19)20)7-8-17(10-15)13(18)6-9-21-12-4-2-11(16)3-5-12/h2-5H,6-10H2,1H3,(H,19,20). The minimum atomic E-state index is -0.849. The Balaban J connectivity index is 1.78. The zero-order valence-corrected chi connectivity index (χ0v) is 12.7. The predicted molar refractivity (Wildman–Crippen MR) is 78.7 cm³/mol. The minimum Gasteiger partial charge on any atom is -0.481 e. The lowest BCUT2D eigenvalue weighted by atomic mass is 9.90. The summed E-state index contributed by atoms with van der Waals surface area (Å²) in [5.41, 5.74) is -0.820. The molecule has 1 unspecified atom stereocenters. The lowest BCUT2D eigenvalue weighted by Crippen LogP contribution is -2.34. The summed E-state index contributed by atoms with van der Waals surface area (Å²) in [5, 5.41) is 9.15. The normalized spacial score (nSPS) is 21.5. The second kappa shape index (κ2) is 6.47. The number of carboxylic acid groups (broad SMARTS) is 1. The van der Waals surface area contributed by atoms with Crippen molar-refractivity contribution in [3.05, 3.63) is 30.1 Å². The summed E-state index contributed by atoms with van der Waals surface area (Å²) in [5.74, 6) is -0.543. The van der Waals surface area contributed by atoms with Gasteiger partial charge in [-0.25, -0.2) is 4.39 Å². The molecule has 2 rings (SSSR count). The Hall–Kier alpha value is -1.56. The van der Waals surface area contributed by atoms with Crippen molar-refractivity contribution in [3.63, 3.8) is 0 Å². The number of halogens is 1. The molecular formula is C15H18FNO3S. The van der Waals surface area contributed by atoms with E-state index in [2.05, 4.69) is 0 Å². The van der Waals surface area contributed by atoms with E-state index in [-0.39, 0.29) is 18.3 Å². The fourth-order valence-electron chi connectivity index (χ4n) is 2.29. The van der Waals surface area contributed by atoms with E-state index in [9.17, 15) is 14.0 Å². The van der Waals surface area contributed by atoms with Crippen molar-refractivity contribution in [2.75, 3.05) is 18.8 Å². The summed E-state index contributed by atoms with van der Waals surface area (Å²) >= 11 is 1.49. The number of thioether (sulfide) groups is 1. The number of hydrogen-bond donors (Lipinski definition) is 1. The lowest BCUT2D eigenvalue weighted by Gasteiger charge is -2.20. The summed E-state index contributed by atoms with van der Waals surface area (Å²) in [6.45, 7) is 2.46. The van der Waals surface area contributed by atoms with Crippen LogP contribution < -0.4 is 0 Å². The molecule has 1 aromatic carbocycles. The molecule has 0 spiro atoms. The number of amides is 1. The number of carbonyl (C=O) groups is 2. The zero-order valence-electron chi connectivity index (χ0n) is 11.8. The van der Waals surface area contributed by atoms with Gasteiger partial charge in [-0.1, -0.05) is 0 Å². The van der Waals surface area contributed by atoms with Crippen LogP contribution in [0.25, 0.3) is 0 Å². The third-order valence-corrected chi connectivity index (χ3v) is 4.75. The van der Waals surface area contributed by atoms with Crippen molar-refractivity contribution in [1.29, 1.82) is 0 Å². The highest BCUT2D eigenvalue weighted by molar-refractivity contribution is 7.99. The molecule has 0 radical (unpaired) electrons. The van der Waals surface area contributed by atoms with E-state index >= 15 is 0 Å². The summed E-state index contributed by atoms with van der Waals surface area (Å²) in [4.78, 5) is 25.7. The first-order chi connectivity index (χ1) is 9.90. The van der Waals surface area contributed by atoms with Crippen LogP contribution in [0.1, 0.15) is 19.8 Å². The van der Waals surface area contributed by atoms with Crippen LogP contribution in [0.3, 0.4) is 0 Å². The predicted octanol–water partition coefficient (Wildman–Crippen LogP) is 2.63. The first-order valence-corrected chi connectivity index (χ1v) is 7.79. The summed E-state index contributed by atoms with van der Waals surface area (Å²) in [7, 11) is 0. The molecule has 0 saturated carbocycles. The lowest BCUT2D eigenvalue weighted by molar-refractivity contribution is -0.147. The second-order valence-corrected chi connectivity index (χ2v) is 6.65. The van der Waals surface area contributed by atoms with Crippen LogP contribution in [0.5, 0.6) is 0 Å². The van der Waals surface area contributed by atoms with Gasteiger partial charge in [0.1, 0.15) is 5.82 Å². The number of likely N-dealkylation sites (tertiary alicyclic amines) is 1. The van der Waals surface area contributed by atoms with E-state index in [1.165, 1.54) is 23.9 Å². The Morgan fingerprint density at radius 3 is 2.62 bits per heavy atom. The van der Waals surface area contributed by atoms with Gasteiger partial charge < -0.3 is 10.0 Å². The third-order valence-electron chi connectivity index (χ3n) is 3.74. The SMILES string of the molecule is CC1(C(=O)O)CCN(C(=O)CCSc2ccc(F)cc2)C1. The third kappa shape index (κ3) is 3.97. The number of benzene rings is 1. The van der Waals surface area contributed by atoms with Gasteiger partial charge in [-0.3, -0.25) is 9.59 Å². The molecule has 4 nitrogen and oxygen atoms in total. The van der Waals surface area contributed by atoms with Crippen LogP contribution >= 0.6 is 11.8 Å². The maximum atomic E-state index is 12.8. The molecule has 0 aromatic heterocycles. The molecule has 21 heavy (non-hydrogen) atoms. The van der Waals surface area contributed by atoms with Crippen molar-refractivity contribution in [1.82, 2.24) is 4.90 Å². The van der Waals surface area contributed by atoms with E-state index in [1.807, 2.05) is 0 Å². The number of aliphatic carboxylic acids is 1. The van der Waals surface area contributed by atoms with E-state index < -0.39 is 11.4 Å². The maximum Gasteiger partial charge on any atom is 0.311 e. The Morgan fingerprint density at radius 1 is 1.38 bits per heavy atom. The van der Waals surface area contributed by atoms with Crippen LogP contribution in [0, 0.1) is 11.2 Å². The Kier molecular flexibility index (Phi) is 4.88. The highest BCUT2D eigenvalue weighted by Gasteiger charge is 2.41. The quantitative estimate of drug-likeness (QED) is 0.849. The van der Waals surface area contributed by atoms with Crippen molar-refractivity contribution >= 4 is 23.6 Å². The van der Waals surface area contributed by atoms with Crippen LogP contribution in [-0.4, -0.2) is 40.7 Å². The Morgan fingerprint density at radius 2 is 2.05 bits per heavy atom. The van der Waals surface area contributed by atoms with Gasteiger partial charge in [0.25, 0.3) is 0 Å². The van der Waals surface area contributed by atoms with E-state index in [0.29, 0.717) is 25.1 Å². The molecule has 0 aliphatic carbocycles. The maximum absolute atomic E-state index is 12.8. The fourth-order valence-corrected chi connectivity index (χ4v) is 3.13. The highest BCUT2D eigenvalue weighted by atomic mass is 32.2. The highest BCUT2D eigenvalue weighted by Crippen LogP contribution is 2.30. The van der Waals surface area contributed by atoms with Gasteiger partial charge in [0.15, 0.2) is 0 Å². The molecule has 6 heteroatoms. The minimum absolute atomic E-state index is 0.0189. The summed E-state index contributed by atoms with van der Waals surface area (Å²) in [6, 6.07) is 6.15. The van der Waals surface area contributed by atoms with Crippen molar-refractivity contribution in [2.24, 2.45) is 5.41 Å². The fraction of sp³-hybridized carbons (Fsp3) is 0.467. The van der Waals surface area contributed by atoms with Gasteiger partial charge in [0.05, 0.1) is 5.41 Å². The molecule has 114 valence electrons. The molecule has 1 aliphatic heterocycles. The van der Waals surface area contributed by atoms with Crippen molar-refractivity contribution in [3.8, 4) is 0 Å². The van der Waals surface area contributed by atoms with Gasteiger partial charge in [0.2, 0.25) is 5.91 Å². The summed E-state index contributed by atoms with van der Waals surface area (Å²) in [6.07, 6.45) is 0.858. The van der Waals surface area contributed by atoms with Gasteiger partial charge in [-0.2, -0.15) is 0 Å². The van der Waals surface area contributed by atoms with E-state index in [1.54, 1.807) is 24.0 Å². The molecule has 1 saturated heterocycles. The van der Waals surface area contributed by atoms with Gasteiger partial charge in [0, 0.05) is 30.2 Å². The number of carboxylic acids is 1. The topological polar surface area (TPSA) is 57.6 Å².